The van der Waals surface area contributed by atoms with Gasteiger partial charge in [0, 0.05) is 7.11 Å². The smallest absolute Gasteiger partial charge is 0.128 e. The lowest BCUT2D eigenvalue weighted by Crippen LogP contribution is -2.22. The molecule has 0 fully saturated rings. The highest BCUT2D eigenvalue weighted by atomic mass is 35.5. The Hall–Kier alpha value is -0.480. The van der Waals surface area contributed by atoms with Crippen molar-refractivity contribution in [3.63, 3.8) is 0 Å². The lowest BCUT2D eigenvalue weighted by molar-refractivity contribution is 0.133. The second-order valence-electron chi connectivity index (χ2n) is 5.48. The molecule has 2 aromatic rings. The molecular weight excluding hydrogens is 331 g/mol. The second-order valence-corrected chi connectivity index (χ2v) is 6.95. The zero-order chi connectivity index (χ0) is 15.7. The molecule has 116 valence electrons. The van der Waals surface area contributed by atoms with Gasteiger partial charge in [0.2, 0.25) is 0 Å². The Morgan fingerprint density at radius 1 is 1.19 bits per heavy atom. The highest BCUT2D eigenvalue weighted by Gasteiger charge is 2.24. The van der Waals surface area contributed by atoms with Crippen LogP contribution in [-0.2, 0) is 4.74 Å². The molecule has 0 spiro atoms. The lowest BCUT2D eigenvalue weighted by atomic mass is 10.0. The van der Waals surface area contributed by atoms with Crippen LogP contribution in [0.25, 0.3) is 11.0 Å². The molecule has 1 heterocycles. The van der Waals surface area contributed by atoms with Gasteiger partial charge < -0.3 is 9.30 Å². The summed E-state index contributed by atoms with van der Waals surface area (Å²) in [6.45, 7) is 6.79. The number of rotatable bonds is 5. The molecule has 0 saturated carbocycles. The van der Waals surface area contributed by atoms with Gasteiger partial charge in [-0.2, -0.15) is 0 Å². The number of nitrogens with zero attached hydrogens (tertiary/aromatic N) is 2. The van der Waals surface area contributed by atoms with Crippen molar-refractivity contribution >= 4 is 45.8 Å². The summed E-state index contributed by atoms with van der Waals surface area (Å²) in [6.07, 6.45) is 0. The third-order valence-corrected chi connectivity index (χ3v) is 4.47. The molecule has 0 aliphatic carbocycles. The molecule has 3 nitrogen and oxygen atoms in total. The fourth-order valence-electron chi connectivity index (χ4n) is 2.47. The van der Waals surface area contributed by atoms with E-state index < -0.39 is 0 Å². The number of aromatic nitrogens is 2. The Morgan fingerprint density at radius 3 is 2.33 bits per heavy atom. The van der Waals surface area contributed by atoms with Crippen LogP contribution in [0, 0.1) is 5.92 Å². The third-order valence-electron chi connectivity index (χ3n) is 3.55. The number of ether oxygens (including phenoxy) is 1. The number of hydrogen-bond acceptors (Lipinski definition) is 2. The molecule has 0 aliphatic rings. The van der Waals surface area contributed by atoms with E-state index in [2.05, 4.69) is 23.4 Å². The van der Waals surface area contributed by atoms with Gasteiger partial charge in [0.1, 0.15) is 5.82 Å². The van der Waals surface area contributed by atoms with Crippen LogP contribution in [0.1, 0.15) is 38.0 Å². The first-order chi connectivity index (χ1) is 9.86. The summed E-state index contributed by atoms with van der Waals surface area (Å²) in [7, 11) is 1.70. The molecule has 6 heteroatoms. The molecule has 2 unspecified atom stereocenters. The highest BCUT2D eigenvalue weighted by molar-refractivity contribution is 6.42. The van der Waals surface area contributed by atoms with Gasteiger partial charge in [0.05, 0.1) is 39.1 Å². The summed E-state index contributed by atoms with van der Waals surface area (Å²) in [5.41, 5.74) is 1.73. The average molecular weight is 350 g/mol. The number of benzene rings is 1. The summed E-state index contributed by atoms with van der Waals surface area (Å²) in [5.74, 6) is 1.17. The van der Waals surface area contributed by atoms with Crippen molar-refractivity contribution in [1.82, 2.24) is 9.55 Å². The van der Waals surface area contributed by atoms with E-state index in [9.17, 15) is 0 Å². The van der Waals surface area contributed by atoms with Crippen molar-refractivity contribution in [3.05, 3.63) is 28.0 Å². The van der Waals surface area contributed by atoms with Gasteiger partial charge in [0.25, 0.3) is 0 Å². The summed E-state index contributed by atoms with van der Waals surface area (Å²) >= 11 is 18.6. The maximum Gasteiger partial charge on any atom is 0.128 e. The summed E-state index contributed by atoms with van der Waals surface area (Å²) in [4.78, 5) is 4.63. The Labute approximate surface area is 140 Å². The molecule has 0 saturated heterocycles. The van der Waals surface area contributed by atoms with E-state index >= 15 is 0 Å². The van der Waals surface area contributed by atoms with Crippen LogP contribution in [0.5, 0.6) is 0 Å². The van der Waals surface area contributed by atoms with E-state index in [0.717, 1.165) is 16.9 Å². The lowest BCUT2D eigenvalue weighted by Gasteiger charge is -2.25. The van der Waals surface area contributed by atoms with Crippen LogP contribution in [0.4, 0.5) is 0 Å². The van der Waals surface area contributed by atoms with Gasteiger partial charge in [-0.3, -0.25) is 0 Å². The molecule has 21 heavy (non-hydrogen) atoms. The van der Waals surface area contributed by atoms with Crippen LogP contribution < -0.4 is 0 Å². The fourth-order valence-corrected chi connectivity index (χ4v) is 2.94. The minimum atomic E-state index is -0.215. The molecule has 0 N–H and O–H groups in total. The molecule has 0 amide bonds. The van der Waals surface area contributed by atoms with Crippen LogP contribution in [0.15, 0.2) is 12.1 Å². The minimum Gasteiger partial charge on any atom is -0.383 e. The normalized spacial score (nSPS) is 14.9. The largest absolute Gasteiger partial charge is 0.383 e. The quantitative estimate of drug-likeness (QED) is 0.668. The molecule has 0 bridgehead atoms. The molecule has 0 aliphatic heterocycles. The number of methoxy groups -OCH3 is 1. The van der Waals surface area contributed by atoms with Gasteiger partial charge in [-0.1, -0.05) is 37.0 Å². The van der Waals surface area contributed by atoms with Gasteiger partial charge in [0.15, 0.2) is 0 Å². The average Bonchev–Trinajstić information content (AvgIpc) is 2.75. The van der Waals surface area contributed by atoms with Crippen LogP contribution >= 0.6 is 34.8 Å². The Bertz CT molecular complexity index is 637. The standard InChI is InChI=1S/C15H19Cl3N2O/c1-8(2)14(7-21-4)20-13-6-11(18)10(17)5-12(13)19-15(20)9(3)16/h5-6,8-9,14H,7H2,1-4H3. The topological polar surface area (TPSA) is 27.1 Å². The SMILES string of the molecule is COCC(C(C)C)n1c(C(C)Cl)nc2cc(Cl)c(Cl)cc21. The molecule has 2 rings (SSSR count). The van der Waals surface area contributed by atoms with Crippen molar-refractivity contribution in [2.45, 2.75) is 32.2 Å². The van der Waals surface area contributed by atoms with Crippen LogP contribution in [0.3, 0.4) is 0 Å². The first-order valence-corrected chi connectivity index (χ1v) is 8.06. The fraction of sp³-hybridized carbons (Fsp3) is 0.533. The molecular formula is C15H19Cl3N2O. The molecule has 1 aromatic heterocycles. The van der Waals surface area contributed by atoms with E-state index in [4.69, 9.17) is 39.5 Å². The maximum absolute atomic E-state index is 6.32. The van der Waals surface area contributed by atoms with E-state index in [1.807, 2.05) is 13.0 Å². The van der Waals surface area contributed by atoms with Gasteiger partial charge >= 0.3 is 0 Å². The second kappa shape index (κ2) is 6.74. The molecule has 2 atom stereocenters. The van der Waals surface area contributed by atoms with Gasteiger partial charge in [-0.05, 0) is 25.0 Å². The Morgan fingerprint density at radius 2 is 1.81 bits per heavy atom. The van der Waals surface area contributed by atoms with E-state index in [1.54, 1.807) is 13.2 Å². The summed E-state index contributed by atoms with van der Waals surface area (Å²) in [5, 5.41) is 0.794. The molecule has 1 aromatic carbocycles. The van der Waals surface area contributed by atoms with Crippen molar-refractivity contribution in [2.75, 3.05) is 13.7 Å². The maximum atomic E-state index is 6.32. The zero-order valence-corrected chi connectivity index (χ0v) is 14.8. The number of fused-ring (bicyclic) bond motifs is 1. The van der Waals surface area contributed by atoms with E-state index in [1.165, 1.54) is 0 Å². The van der Waals surface area contributed by atoms with Crippen LogP contribution in [-0.4, -0.2) is 23.3 Å². The minimum absolute atomic E-state index is 0.133. The summed E-state index contributed by atoms with van der Waals surface area (Å²) in [6, 6.07) is 3.76. The first-order valence-electron chi connectivity index (χ1n) is 6.86. The van der Waals surface area contributed by atoms with Gasteiger partial charge in [-0.25, -0.2) is 4.98 Å². The van der Waals surface area contributed by atoms with Crippen molar-refractivity contribution in [2.24, 2.45) is 5.92 Å². The Kier molecular flexibility index (Phi) is 5.42. The third kappa shape index (κ3) is 3.31. The number of halogens is 3. The zero-order valence-electron chi connectivity index (χ0n) is 12.5. The van der Waals surface area contributed by atoms with E-state index in [0.29, 0.717) is 22.6 Å². The number of hydrogen-bond donors (Lipinski definition) is 0. The van der Waals surface area contributed by atoms with Crippen molar-refractivity contribution in [1.29, 1.82) is 0 Å². The van der Waals surface area contributed by atoms with Crippen LogP contribution in [0.2, 0.25) is 10.0 Å². The predicted octanol–water partition coefficient (Wildman–Crippen LogP) is 5.49. The highest BCUT2D eigenvalue weighted by Crippen LogP contribution is 2.35. The molecule has 0 radical (unpaired) electrons. The predicted molar refractivity (Wildman–Crippen MR) is 89.8 cm³/mol. The Balaban J connectivity index is 2.73. The monoisotopic (exact) mass is 348 g/mol. The number of alkyl halides is 1. The van der Waals surface area contributed by atoms with E-state index in [-0.39, 0.29) is 11.4 Å². The summed E-state index contributed by atoms with van der Waals surface area (Å²) < 4.78 is 7.50. The first kappa shape index (κ1) is 16.9. The number of imidazole rings is 1. The van der Waals surface area contributed by atoms with Crippen molar-refractivity contribution < 1.29 is 4.74 Å². The van der Waals surface area contributed by atoms with Crippen molar-refractivity contribution in [3.8, 4) is 0 Å². The van der Waals surface area contributed by atoms with Gasteiger partial charge in [-0.15, -0.1) is 11.6 Å².